The van der Waals surface area contributed by atoms with Crippen LogP contribution in [0.15, 0.2) is 36.4 Å². The van der Waals surface area contributed by atoms with E-state index in [1.165, 1.54) is 19.1 Å². The lowest BCUT2D eigenvalue weighted by atomic mass is 9.96. The van der Waals surface area contributed by atoms with E-state index in [1.807, 2.05) is 0 Å². The topological polar surface area (TPSA) is 69.6 Å². The van der Waals surface area contributed by atoms with E-state index in [0.29, 0.717) is 5.56 Å². The third-order valence-electron chi connectivity index (χ3n) is 3.36. The molecule has 0 fully saturated rings. The Hall–Kier alpha value is -2.54. The van der Waals surface area contributed by atoms with Crippen LogP contribution in [0.25, 0.3) is 0 Å². The Kier molecular flexibility index (Phi) is 4.60. The number of amides is 1. The average molecular weight is 325 g/mol. The van der Waals surface area contributed by atoms with Gasteiger partial charge < -0.3 is 15.5 Å². The standard InChI is InChI=1S/C16H14F3NO3/c1-16(23,9-2-4-10(17)5-3-9)8-20-15(22)13-11(18)6-7-12(21)14(13)19/h2-7,21,23H,8H2,1H3,(H,20,22)/t16-/m0/s1. The van der Waals surface area contributed by atoms with Crippen LogP contribution in [-0.2, 0) is 5.60 Å². The first kappa shape index (κ1) is 16.8. The molecule has 0 saturated heterocycles. The van der Waals surface area contributed by atoms with Gasteiger partial charge in [0.05, 0.1) is 6.54 Å². The van der Waals surface area contributed by atoms with E-state index < -0.39 is 40.3 Å². The molecule has 23 heavy (non-hydrogen) atoms. The number of carbonyl (C=O) groups excluding carboxylic acids is 1. The van der Waals surface area contributed by atoms with Crippen LogP contribution in [0.3, 0.4) is 0 Å². The maximum atomic E-state index is 13.6. The molecule has 4 nitrogen and oxygen atoms in total. The third-order valence-corrected chi connectivity index (χ3v) is 3.36. The monoisotopic (exact) mass is 325 g/mol. The number of aromatic hydroxyl groups is 1. The molecule has 2 aromatic rings. The number of hydrogen-bond acceptors (Lipinski definition) is 3. The number of hydrogen-bond donors (Lipinski definition) is 3. The molecule has 2 rings (SSSR count). The van der Waals surface area contributed by atoms with Crippen molar-refractivity contribution in [3.8, 4) is 5.75 Å². The number of phenols is 1. The van der Waals surface area contributed by atoms with Gasteiger partial charge in [-0.25, -0.2) is 13.2 Å². The van der Waals surface area contributed by atoms with Crippen molar-refractivity contribution < 1.29 is 28.2 Å². The zero-order valence-electron chi connectivity index (χ0n) is 12.1. The molecule has 3 N–H and O–H groups in total. The summed E-state index contributed by atoms with van der Waals surface area (Å²) in [5, 5.41) is 21.7. The molecule has 0 saturated carbocycles. The zero-order valence-corrected chi connectivity index (χ0v) is 12.1. The fourth-order valence-electron chi connectivity index (χ4n) is 2.00. The van der Waals surface area contributed by atoms with Gasteiger partial charge >= 0.3 is 0 Å². The van der Waals surface area contributed by atoms with Gasteiger partial charge in [-0.1, -0.05) is 12.1 Å². The maximum Gasteiger partial charge on any atom is 0.257 e. The van der Waals surface area contributed by atoms with E-state index in [2.05, 4.69) is 5.32 Å². The Morgan fingerprint density at radius 3 is 2.35 bits per heavy atom. The lowest BCUT2D eigenvalue weighted by molar-refractivity contribution is 0.0523. The van der Waals surface area contributed by atoms with Crippen LogP contribution in [0.5, 0.6) is 5.75 Å². The maximum absolute atomic E-state index is 13.6. The van der Waals surface area contributed by atoms with Gasteiger partial charge in [0.15, 0.2) is 11.6 Å². The van der Waals surface area contributed by atoms with Crippen molar-refractivity contribution in [1.29, 1.82) is 0 Å². The minimum atomic E-state index is -1.58. The number of carbonyl (C=O) groups is 1. The predicted molar refractivity (Wildman–Crippen MR) is 76.3 cm³/mol. The normalized spacial score (nSPS) is 13.4. The number of halogens is 3. The van der Waals surface area contributed by atoms with E-state index in [1.54, 1.807) is 0 Å². The summed E-state index contributed by atoms with van der Waals surface area (Å²) < 4.78 is 40.1. The van der Waals surface area contributed by atoms with Crippen LogP contribution < -0.4 is 5.32 Å². The molecular formula is C16H14F3NO3. The van der Waals surface area contributed by atoms with Crippen molar-refractivity contribution >= 4 is 5.91 Å². The molecule has 0 spiro atoms. The van der Waals surface area contributed by atoms with E-state index in [9.17, 15) is 28.2 Å². The van der Waals surface area contributed by atoms with Crippen molar-refractivity contribution in [1.82, 2.24) is 5.32 Å². The quantitative estimate of drug-likeness (QED) is 0.809. The van der Waals surface area contributed by atoms with Gasteiger partial charge in [-0.2, -0.15) is 0 Å². The van der Waals surface area contributed by atoms with E-state index in [-0.39, 0.29) is 6.54 Å². The van der Waals surface area contributed by atoms with Crippen molar-refractivity contribution in [2.24, 2.45) is 0 Å². The molecule has 0 aliphatic carbocycles. The highest BCUT2D eigenvalue weighted by atomic mass is 19.1. The lowest BCUT2D eigenvalue weighted by Crippen LogP contribution is -2.39. The SMILES string of the molecule is C[C@](O)(CNC(=O)c1c(F)ccc(O)c1F)c1ccc(F)cc1. The van der Waals surface area contributed by atoms with Gasteiger partial charge in [0.2, 0.25) is 0 Å². The third kappa shape index (κ3) is 3.62. The molecule has 0 aliphatic rings. The Balaban J connectivity index is 2.15. The van der Waals surface area contributed by atoms with Crippen LogP contribution in [0, 0.1) is 17.5 Å². The fraction of sp³-hybridized carbons (Fsp3) is 0.188. The smallest absolute Gasteiger partial charge is 0.257 e. The van der Waals surface area contributed by atoms with Crippen LogP contribution in [-0.4, -0.2) is 22.7 Å². The molecule has 1 atom stereocenters. The Morgan fingerprint density at radius 2 is 1.74 bits per heavy atom. The first-order valence-electron chi connectivity index (χ1n) is 6.66. The highest BCUT2D eigenvalue weighted by molar-refractivity contribution is 5.95. The summed E-state index contributed by atoms with van der Waals surface area (Å²) in [6.45, 7) is 0.988. The van der Waals surface area contributed by atoms with E-state index >= 15 is 0 Å². The second-order valence-corrected chi connectivity index (χ2v) is 5.22. The predicted octanol–water partition coefficient (Wildman–Crippen LogP) is 2.45. The average Bonchev–Trinajstić information content (AvgIpc) is 2.50. The molecule has 0 radical (unpaired) electrons. The summed E-state index contributed by atoms with van der Waals surface area (Å²) >= 11 is 0. The Morgan fingerprint density at radius 1 is 1.13 bits per heavy atom. The number of rotatable bonds is 4. The van der Waals surface area contributed by atoms with Gasteiger partial charge in [-0.15, -0.1) is 0 Å². The number of phenolic OH excluding ortho intramolecular Hbond substituents is 1. The number of nitrogens with one attached hydrogen (secondary N) is 1. The molecule has 2 aromatic carbocycles. The first-order chi connectivity index (χ1) is 10.7. The van der Waals surface area contributed by atoms with Crippen molar-refractivity contribution in [3.63, 3.8) is 0 Å². The second-order valence-electron chi connectivity index (χ2n) is 5.22. The van der Waals surface area contributed by atoms with Gasteiger partial charge in [-0.3, -0.25) is 4.79 Å². The number of aliphatic hydroxyl groups is 1. The van der Waals surface area contributed by atoms with Crippen LogP contribution in [0.1, 0.15) is 22.8 Å². The van der Waals surface area contributed by atoms with Crippen molar-refractivity contribution in [3.05, 3.63) is 65.0 Å². The second kappa shape index (κ2) is 6.29. The molecule has 0 unspecified atom stereocenters. The van der Waals surface area contributed by atoms with Crippen LogP contribution in [0.2, 0.25) is 0 Å². The largest absolute Gasteiger partial charge is 0.505 e. The number of benzene rings is 2. The highest BCUT2D eigenvalue weighted by Gasteiger charge is 2.26. The summed E-state index contributed by atoms with van der Waals surface area (Å²) in [4.78, 5) is 11.9. The minimum Gasteiger partial charge on any atom is -0.505 e. The van der Waals surface area contributed by atoms with E-state index in [0.717, 1.165) is 24.3 Å². The van der Waals surface area contributed by atoms with Crippen molar-refractivity contribution in [2.75, 3.05) is 6.54 Å². The summed E-state index contributed by atoms with van der Waals surface area (Å²) in [5.74, 6) is -5.00. The summed E-state index contributed by atoms with van der Waals surface area (Å²) in [6, 6.07) is 6.48. The Bertz CT molecular complexity index is 730. The summed E-state index contributed by atoms with van der Waals surface area (Å²) in [7, 11) is 0. The van der Waals surface area contributed by atoms with Gasteiger partial charge in [0, 0.05) is 0 Å². The van der Waals surface area contributed by atoms with Crippen molar-refractivity contribution in [2.45, 2.75) is 12.5 Å². The van der Waals surface area contributed by atoms with Crippen LogP contribution in [0.4, 0.5) is 13.2 Å². The molecule has 0 heterocycles. The fourth-order valence-corrected chi connectivity index (χ4v) is 2.00. The van der Waals surface area contributed by atoms with E-state index in [4.69, 9.17) is 0 Å². The summed E-state index contributed by atoms with van der Waals surface area (Å²) in [6.07, 6.45) is 0. The van der Waals surface area contributed by atoms with Gasteiger partial charge in [0.25, 0.3) is 5.91 Å². The molecule has 0 bridgehead atoms. The van der Waals surface area contributed by atoms with Gasteiger partial charge in [-0.05, 0) is 36.8 Å². The molecule has 122 valence electrons. The molecule has 0 aliphatic heterocycles. The minimum absolute atomic E-state index is 0.316. The first-order valence-corrected chi connectivity index (χ1v) is 6.66. The Labute approximate surface area is 130 Å². The summed E-state index contributed by atoms with van der Waals surface area (Å²) in [5.41, 5.74) is -2.20. The molecular weight excluding hydrogens is 311 g/mol. The van der Waals surface area contributed by atoms with Gasteiger partial charge in [0.1, 0.15) is 22.8 Å². The highest BCUT2D eigenvalue weighted by Crippen LogP contribution is 2.23. The molecule has 0 aromatic heterocycles. The zero-order chi connectivity index (χ0) is 17.2. The molecule has 1 amide bonds. The lowest BCUT2D eigenvalue weighted by Gasteiger charge is -2.24. The molecule has 7 heteroatoms. The van der Waals surface area contributed by atoms with Crippen LogP contribution >= 0.6 is 0 Å².